The highest BCUT2D eigenvalue weighted by atomic mass is 19.3. The number of morpholine rings is 2. The van der Waals surface area contributed by atoms with Crippen LogP contribution in [-0.4, -0.2) is 83.6 Å². The Kier molecular flexibility index (Phi) is 13.5. The number of fused-ring (bicyclic) bond motifs is 6. The Balaban J connectivity index is 0.000000174. The highest BCUT2D eigenvalue weighted by Crippen LogP contribution is 2.43. The molecule has 0 spiro atoms. The number of hydrogen-bond acceptors (Lipinski definition) is 10. The number of rotatable bonds is 8. The molecule has 4 atom stereocenters. The molecule has 6 aromatic rings. The van der Waals surface area contributed by atoms with Crippen LogP contribution >= 0.6 is 0 Å². The number of pyridine rings is 2. The summed E-state index contributed by atoms with van der Waals surface area (Å²) in [6, 6.07) is 28.5. The number of carbonyl (C=O) groups is 2. The summed E-state index contributed by atoms with van der Waals surface area (Å²) in [4.78, 5) is 37.5. The molecule has 0 saturated carbocycles. The van der Waals surface area contributed by atoms with Gasteiger partial charge in [-0.05, 0) is 108 Å². The summed E-state index contributed by atoms with van der Waals surface area (Å²) in [5, 5.41) is 26.9. The van der Waals surface area contributed by atoms with E-state index in [0.29, 0.717) is 50.6 Å². The topological polar surface area (TPSA) is 149 Å². The first-order valence-electron chi connectivity index (χ1n) is 23.3. The minimum absolute atomic E-state index is 0.111. The summed E-state index contributed by atoms with van der Waals surface area (Å²) in [5.74, 6) is -7.24. The van der Waals surface area contributed by atoms with Crippen molar-refractivity contribution in [2.45, 2.75) is 76.7 Å². The van der Waals surface area contributed by atoms with Crippen LogP contribution in [-0.2, 0) is 21.3 Å². The predicted octanol–water partition coefficient (Wildman–Crippen LogP) is 10.1. The molecule has 2 amide bonds. The fourth-order valence-electron chi connectivity index (χ4n) is 9.64. The average molecular weight is 959 g/mol. The molecular weight excluding hydrogens is 905 g/mol. The molecule has 0 radical (unpaired) electrons. The molecule has 70 heavy (non-hydrogen) atoms. The monoisotopic (exact) mass is 958 g/mol. The molecule has 16 heteroatoms. The van der Waals surface area contributed by atoms with Gasteiger partial charge in [-0.25, -0.2) is 0 Å². The first-order valence-corrected chi connectivity index (χ1v) is 23.3. The maximum Gasteiger partial charge on any atom is 0.286 e. The Morgan fingerprint density at radius 1 is 0.600 bits per heavy atom. The van der Waals surface area contributed by atoms with Crippen LogP contribution in [0.4, 0.5) is 40.3 Å². The molecule has 4 aromatic carbocycles. The van der Waals surface area contributed by atoms with Gasteiger partial charge in [0.1, 0.15) is 11.4 Å². The van der Waals surface area contributed by atoms with Crippen LogP contribution in [0.5, 0.6) is 0 Å². The number of aliphatic hydroxyl groups is 2. The van der Waals surface area contributed by atoms with Gasteiger partial charge in [-0.15, -0.1) is 0 Å². The molecule has 4 aliphatic rings. The summed E-state index contributed by atoms with van der Waals surface area (Å²) in [7, 11) is 0. The Labute approximate surface area is 403 Å². The van der Waals surface area contributed by atoms with Crippen molar-refractivity contribution in [1.29, 1.82) is 0 Å². The van der Waals surface area contributed by atoms with Crippen LogP contribution in [0, 0.1) is 13.8 Å². The second-order valence-corrected chi connectivity index (χ2v) is 18.5. The Morgan fingerprint density at radius 3 is 1.41 bits per heavy atom. The molecule has 0 unspecified atom stereocenters. The molecule has 2 saturated heterocycles. The summed E-state index contributed by atoms with van der Waals surface area (Å²) in [5.41, 5.74) is 10.1. The van der Waals surface area contributed by atoms with Crippen LogP contribution in [0.2, 0.25) is 0 Å². The zero-order valence-corrected chi connectivity index (χ0v) is 39.2. The lowest BCUT2D eigenvalue weighted by atomic mass is 9.89. The SMILES string of the molecule is Cc1ccc(NC(=O)c2ccnc(C(C)(F)F)c2)cc1-c1ccc2c(c1)N1CCOC[C@@H]1C[C@@H]2O.Cc1ccc(NC(=O)c2ccnc(C(C)(F)F)c2)cc1-c1ccc2c(c1)N1CCOC[C@H]1C[C@H]2O. The zero-order valence-electron chi connectivity index (χ0n) is 39.2. The largest absolute Gasteiger partial charge is 0.388 e. The Hall–Kier alpha value is -6.72. The number of ether oxygens (including phenoxy) is 2. The van der Waals surface area contributed by atoms with Crippen molar-refractivity contribution in [3.05, 3.63) is 154 Å². The molecule has 2 aromatic heterocycles. The molecule has 4 N–H and O–H groups in total. The lowest BCUT2D eigenvalue weighted by Crippen LogP contribution is -2.49. The minimum atomic E-state index is -3.13. The molecule has 10 rings (SSSR count). The number of hydrogen-bond donors (Lipinski definition) is 4. The maximum atomic E-state index is 13.6. The fourth-order valence-corrected chi connectivity index (χ4v) is 9.64. The molecule has 2 fully saturated rings. The van der Waals surface area contributed by atoms with Gasteiger partial charge in [-0.2, -0.15) is 17.6 Å². The van der Waals surface area contributed by atoms with E-state index in [4.69, 9.17) is 9.47 Å². The van der Waals surface area contributed by atoms with Gasteiger partial charge in [-0.3, -0.25) is 19.6 Å². The molecule has 0 bridgehead atoms. The van der Waals surface area contributed by atoms with E-state index >= 15 is 0 Å². The molecule has 364 valence electrons. The number of nitrogens with one attached hydrogen (secondary N) is 2. The maximum absolute atomic E-state index is 13.6. The summed E-state index contributed by atoms with van der Waals surface area (Å²) in [6.07, 6.45) is 2.65. The van der Waals surface area contributed by atoms with Crippen molar-refractivity contribution in [2.24, 2.45) is 0 Å². The predicted molar refractivity (Wildman–Crippen MR) is 260 cm³/mol. The quantitative estimate of drug-likeness (QED) is 0.109. The molecule has 12 nitrogen and oxygen atoms in total. The van der Waals surface area contributed by atoms with E-state index < -0.39 is 47.3 Å². The number of aromatic nitrogens is 2. The van der Waals surface area contributed by atoms with Gasteiger partial charge in [0.25, 0.3) is 23.7 Å². The van der Waals surface area contributed by atoms with E-state index in [9.17, 15) is 37.4 Å². The second kappa shape index (κ2) is 19.6. The van der Waals surface area contributed by atoms with Crippen LogP contribution in [0.1, 0.15) is 93.3 Å². The number of aryl methyl sites for hydroxylation is 2. The van der Waals surface area contributed by atoms with Crippen molar-refractivity contribution in [2.75, 3.05) is 60.0 Å². The van der Waals surface area contributed by atoms with Gasteiger partial charge in [0, 0.05) is 97.2 Å². The van der Waals surface area contributed by atoms with Gasteiger partial charge in [0.2, 0.25) is 0 Å². The summed E-state index contributed by atoms with van der Waals surface area (Å²) >= 11 is 0. The van der Waals surface area contributed by atoms with Gasteiger partial charge >= 0.3 is 0 Å². The normalized spacial score (nSPS) is 19.6. The molecule has 4 aliphatic heterocycles. The van der Waals surface area contributed by atoms with E-state index in [1.54, 1.807) is 12.1 Å². The van der Waals surface area contributed by atoms with E-state index in [0.717, 1.165) is 95.0 Å². The minimum Gasteiger partial charge on any atom is -0.388 e. The smallest absolute Gasteiger partial charge is 0.286 e. The van der Waals surface area contributed by atoms with Gasteiger partial charge in [-0.1, -0.05) is 36.4 Å². The number of alkyl halides is 4. The van der Waals surface area contributed by atoms with Crippen molar-refractivity contribution >= 4 is 34.6 Å². The van der Waals surface area contributed by atoms with Crippen LogP contribution in [0.15, 0.2) is 109 Å². The van der Waals surface area contributed by atoms with Crippen molar-refractivity contribution < 1.29 is 46.8 Å². The van der Waals surface area contributed by atoms with Crippen LogP contribution in [0.3, 0.4) is 0 Å². The highest BCUT2D eigenvalue weighted by Gasteiger charge is 2.36. The summed E-state index contributed by atoms with van der Waals surface area (Å²) < 4.78 is 65.8. The number of benzene rings is 4. The number of carbonyl (C=O) groups excluding carboxylic acids is 2. The Bertz CT molecular complexity index is 2750. The van der Waals surface area contributed by atoms with E-state index in [2.05, 4.69) is 42.5 Å². The van der Waals surface area contributed by atoms with Crippen molar-refractivity contribution in [3.8, 4) is 22.3 Å². The lowest BCUT2D eigenvalue weighted by Gasteiger charge is -2.43. The molecular formula is C54H54F4N6O6. The molecule has 6 heterocycles. The number of halogens is 4. The van der Waals surface area contributed by atoms with Crippen LogP contribution < -0.4 is 20.4 Å². The van der Waals surface area contributed by atoms with Gasteiger partial charge in [0.15, 0.2) is 0 Å². The van der Waals surface area contributed by atoms with Crippen LogP contribution in [0.25, 0.3) is 22.3 Å². The summed E-state index contributed by atoms with van der Waals surface area (Å²) in [6.45, 7) is 9.52. The van der Waals surface area contributed by atoms with Gasteiger partial charge < -0.3 is 40.1 Å². The fraction of sp³-hybridized carbons (Fsp3) is 0.333. The number of amides is 2. The second-order valence-electron chi connectivity index (χ2n) is 18.5. The zero-order chi connectivity index (χ0) is 49.5. The third kappa shape index (κ3) is 10.3. The van der Waals surface area contributed by atoms with E-state index in [-0.39, 0.29) is 23.2 Å². The average Bonchev–Trinajstić information content (AvgIpc) is 3.35. The highest BCUT2D eigenvalue weighted by molar-refractivity contribution is 6.05. The number of aliphatic hydroxyl groups excluding tert-OH is 2. The van der Waals surface area contributed by atoms with Gasteiger partial charge in [0.05, 0.1) is 50.7 Å². The third-order valence-electron chi connectivity index (χ3n) is 13.4. The standard InChI is InChI=1S/2C27H27F2N3O3/c2*1-16-3-5-19(31-26(34)18-7-8-30-25(12-18)27(2,28)29)13-22(16)17-4-6-21-23(11-17)32-9-10-35-15-20(32)14-24(21)33/h2*3-8,11-13,20,24,33H,9-10,14-15H2,1-2H3,(H,31,34)/t2*20-,24-/m10/s1. The Morgan fingerprint density at radius 2 is 1.01 bits per heavy atom. The van der Waals surface area contributed by atoms with Crippen molar-refractivity contribution in [1.82, 2.24) is 9.97 Å². The van der Waals surface area contributed by atoms with E-state index in [1.807, 2.05) is 62.4 Å². The number of nitrogens with zero attached hydrogens (tertiary/aromatic N) is 4. The number of anilines is 4. The molecule has 0 aliphatic carbocycles. The van der Waals surface area contributed by atoms with Crippen molar-refractivity contribution in [3.63, 3.8) is 0 Å². The first kappa shape index (κ1) is 48.3. The third-order valence-corrected chi connectivity index (χ3v) is 13.4. The van der Waals surface area contributed by atoms with E-state index in [1.165, 1.54) is 24.5 Å². The first-order chi connectivity index (χ1) is 33.4. The lowest BCUT2D eigenvalue weighted by molar-refractivity contribution is 0.0120.